The second kappa shape index (κ2) is 10.2. The molecule has 2 aromatic carbocycles. The molecule has 1 fully saturated rings. The van der Waals surface area contributed by atoms with E-state index in [1.165, 1.54) is 11.1 Å². The monoisotopic (exact) mass is 439 g/mol. The van der Waals surface area contributed by atoms with E-state index in [0.29, 0.717) is 13.2 Å². The third-order valence-electron chi connectivity index (χ3n) is 5.67. The van der Waals surface area contributed by atoms with Gasteiger partial charge in [0.25, 0.3) is 0 Å². The highest BCUT2D eigenvalue weighted by atomic mass is 16.7. The third kappa shape index (κ3) is 6.89. The van der Waals surface area contributed by atoms with Gasteiger partial charge in [-0.25, -0.2) is 0 Å². The van der Waals surface area contributed by atoms with Crippen LogP contribution >= 0.6 is 0 Å². The summed E-state index contributed by atoms with van der Waals surface area (Å²) in [5.41, 5.74) is 1.84. The molecule has 3 rings (SSSR count). The van der Waals surface area contributed by atoms with E-state index in [-0.39, 0.29) is 30.6 Å². The summed E-state index contributed by atoms with van der Waals surface area (Å²) in [6.45, 7) is 12.8. The molecule has 1 aliphatic rings. The molecule has 5 nitrogen and oxygen atoms in total. The summed E-state index contributed by atoms with van der Waals surface area (Å²) in [6.07, 6.45) is -0.0156. The first-order valence-corrected chi connectivity index (χ1v) is 11.4. The minimum Gasteiger partial charge on any atom is -0.460 e. The first kappa shape index (κ1) is 24.4. The van der Waals surface area contributed by atoms with Gasteiger partial charge in [-0.2, -0.15) is 0 Å². The highest BCUT2D eigenvalue weighted by molar-refractivity contribution is 5.70. The van der Waals surface area contributed by atoms with E-state index >= 15 is 0 Å². The standard InChI is InChI=1S/C27H37NO4/c1-20(22-15-11-8-12-16-22)28(18-21-13-9-7-10-14-21)23(17-25(29)32-26(2,3)4)24-19-30-27(5,6)31-24/h7-16,20,23-24H,17-19H2,1-6H3/t20-,23+,24+/m0/s1. The van der Waals surface area contributed by atoms with Crippen LogP contribution in [0.3, 0.4) is 0 Å². The zero-order valence-electron chi connectivity index (χ0n) is 20.2. The molecule has 174 valence electrons. The fraction of sp³-hybridized carbons (Fsp3) is 0.519. The van der Waals surface area contributed by atoms with Crippen molar-refractivity contribution in [1.29, 1.82) is 0 Å². The van der Waals surface area contributed by atoms with Gasteiger partial charge in [0.2, 0.25) is 0 Å². The SMILES string of the molecule is C[C@@H](c1ccccc1)N(Cc1ccccc1)[C@H](CC(=O)OC(C)(C)C)[C@H]1COC(C)(C)O1. The van der Waals surface area contributed by atoms with Crippen LogP contribution in [0.1, 0.15) is 65.1 Å². The minimum absolute atomic E-state index is 0.0659. The van der Waals surface area contributed by atoms with Crippen LogP contribution < -0.4 is 0 Å². The zero-order valence-corrected chi connectivity index (χ0v) is 20.2. The van der Waals surface area contributed by atoms with Crippen molar-refractivity contribution in [3.05, 3.63) is 71.8 Å². The van der Waals surface area contributed by atoms with Crippen molar-refractivity contribution in [3.8, 4) is 0 Å². The largest absolute Gasteiger partial charge is 0.460 e. The smallest absolute Gasteiger partial charge is 0.308 e. The lowest BCUT2D eigenvalue weighted by Gasteiger charge is -2.39. The maximum atomic E-state index is 13.0. The molecule has 0 radical (unpaired) electrons. The van der Waals surface area contributed by atoms with Crippen LogP contribution in [0.15, 0.2) is 60.7 Å². The molecule has 1 heterocycles. The van der Waals surface area contributed by atoms with Crippen molar-refractivity contribution in [1.82, 2.24) is 4.90 Å². The summed E-state index contributed by atoms with van der Waals surface area (Å²) in [5, 5.41) is 0. The van der Waals surface area contributed by atoms with E-state index in [1.54, 1.807) is 0 Å². The average molecular weight is 440 g/mol. The fourth-order valence-corrected chi connectivity index (χ4v) is 4.18. The summed E-state index contributed by atoms with van der Waals surface area (Å²) in [7, 11) is 0. The predicted molar refractivity (Wildman–Crippen MR) is 126 cm³/mol. The molecule has 0 bridgehead atoms. The van der Waals surface area contributed by atoms with Gasteiger partial charge >= 0.3 is 5.97 Å². The lowest BCUT2D eigenvalue weighted by Crippen LogP contribution is -2.48. The van der Waals surface area contributed by atoms with Gasteiger partial charge in [0.05, 0.1) is 13.0 Å². The molecular weight excluding hydrogens is 402 g/mol. The van der Waals surface area contributed by atoms with Gasteiger partial charge < -0.3 is 14.2 Å². The molecule has 0 aromatic heterocycles. The number of ether oxygens (including phenoxy) is 3. The molecule has 1 saturated heterocycles. The normalized spacial score (nSPS) is 20.2. The molecule has 5 heteroatoms. The van der Waals surface area contributed by atoms with Crippen LogP contribution in [0.4, 0.5) is 0 Å². The predicted octanol–water partition coefficient (Wildman–Crippen LogP) is 5.50. The number of nitrogens with zero attached hydrogens (tertiary/aromatic N) is 1. The van der Waals surface area contributed by atoms with Gasteiger partial charge in [0.1, 0.15) is 11.7 Å². The van der Waals surface area contributed by atoms with Crippen LogP contribution in [0.25, 0.3) is 0 Å². The van der Waals surface area contributed by atoms with Gasteiger partial charge in [0.15, 0.2) is 5.79 Å². The Balaban J connectivity index is 1.95. The number of hydrogen-bond donors (Lipinski definition) is 0. The van der Waals surface area contributed by atoms with Gasteiger partial charge in [-0.3, -0.25) is 9.69 Å². The number of rotatable bonds is 8. The molecule has 0 N–H and O–H groups in total. The lowest BCUT2D eigenvalue weighted by atomic mass is 9.98. The number of carbonyl (C=O) groups is 1. The maximum absolute atomic E-state index is 13.0. The van der Waals surface area contributed by atoms with Crippen LogP contribution in [0.5, 0.6) is 0 Å². The Hall–Kier alpha value is -2.21. The molecule has 0 unspecified atom stereocenters. The second-order valence-corrected chi connectivity index (χ2v) is 9.97. The van der Waals surface area contributed by atoms with Crippen LogP contribution in [-0.4, -0.2) is 41.0 Å². The van der Waals surface area contributed by atoms with E-state index in [2.05, 4.69) is 36.1 Å². The van der Waals surface area contributed by atoms with Gasteiger partial charge in [0, 0.05) is 18.6 Å². The van der Waals surface area contributed by atoms with E-state index in [1.807, 2.05) is 71.0 Å². The summed E-state index contributed by atoms with van der Waals surface area (Å²) in [6, 6.07) is 20.6. The third-order valence-corrected chi connectivity index (χ3v) is 5.67. The highest BCUT2D eigenvalue weighted by Crippen LogP contribution is 2.33. The van der Waals surface area contributed by atoms with Crippen molar-refractivity contribution < 1.29 is 19.0 Å². The fourth-order valence-electron chi connectivity index (χ4n) is 4.18. The number of hydrogen-bond acceptors (Lipinski definition) is 5. The van der Waals surface area contributed by atoms with Crippen molar-refractivity contribution >= 4 is 5.97 Å². The Bertz CT molecular complexity index is 860. The van der Waals surface area contributed by atoms with Crippen LogP contribution in [-0.2, 0) is 25.5 Å². The molecule has 1 aliphatic heterocycles. The summed E-state index contributed by atoms with van der Waals surface area (Å²) in [4.78, 5) is 15.3. The molecule has 2 aromatic rings. The summed E-state index contributed by atoms with van der Waals surface area (Å²) in [5.74, 6) is -0.903. The van der Waals surface area contributed by atoms with Crippen molar-refractivity contribution in [2.24, 2.45) is 0 Å². The first-order valence-electron chi connectivity index (χ1n) is 11.4. The van der Waals surface area contributed by atoms with E-state index in [4.69, 9.17) is 14.2 Å². The van der Waals surface area contributed by atoms with E-state index in [9.17, 15) is 4.79 Å². The van der Waals surface area contributed by atoms with E-state index in [0.717, 1.165) is 0 Å². The number of carbonyl (C=O) groups excluding carboxylic acids is 1. The summed E-state index contributed by atoms with van der Waals surface area (Å²) >= 11 is 0. The molecule has 0 aliphatic carbocycles. The van der Waals surface area contributed by atoms with Gasteiger partial charge in [-0.1, -0.05) is 60.7 Å². The Kier molecular flexibility index (Phi) is 7.75. The van der Waals surface area contributed by atoms with Crippen LogP contribution in [0, 0.1) is 0 Å². The van der Waals surface area contributed by atoms with Crippen molar-refractivity contribution in [3.63, 3.8) is 0 Å². The molecular formula is C27H37NO4. The van der Waals surface area contributed by atoms with Crippen molar-refractivity contribution in [2.45, 2.75) is 84.1 Å². The van der Waals surface area contributed by atoms with Crippen molar-refractivity contribution in [2.75, 3.05) is 6.61 Å². The second-order valence-electron chi connectivity index (χ2n) is 9.97. The molecule has 3 atom stereocenters. The topological polar surface area (TPSA) is 48.0 Å². The van der Waals surface area contributed by atoms with E-state index < -0.39 is 11.4 Å². The first-order chi connectivity index (χ1) is 15.0. The van der Waals surface area contributed by atoms with Gasteiger partial charge in [-0.15, -0.1) is 0 Å². The van der Waals surface area contributed by atoms with Crippen LogP contribution in [0.2, 0.25) is 0 Å². The zero-order chi connectivity index (χ0) is 23.4. The Morgan fingerprint density at radius 1 is 1.09 bits per heavy atom. The highest BCUT2D eigenvalue weighted by Gasteiger charge is 2.42. The molecule has 0 amide bonds. The number of esters is 1. The molecule has 0 spiro atoms. The lowest BCUT2D eigenvalue weighted by molar-refractivity contribution is -0.164. The quantitative estimate of drug-likeness (QED) is 0.508. The maximum Gasteiger partial charge on any atom is 0.308 e. The van der Waals surface area contributed by atoms with Gasteiger partial charge in [-0.05, 0) is 52.7 Å². The molecule has 0 saturated carbocycles. The Morgan fingerprint density at radius 2 is 1.69 bits per heavy atom. The molecule has 32 heavy (non-hydrogen) atoms. The Morgan fingerprint density at radius 3 is 2.22 bits per heavy atom. The minimum atomic E-state index is -0.675. The Labute approximate surface area is 192 Å². The average Bonchev–Trinajstić information content (AvgIpc) is 3.09. The summed E-state index contributed by atoms with van der Waals surface area (Å²) < 4.78 is 17.9. The number of benzene rings is 2.